The van der Waals surface area contributed by atoms with Gasteiger partial charge in [0.1, 0.15) is 13.1 Å². The molecule has 0 spiro atoms. The minimum absolute atomic E-state index is 0. The zero-order chi connectivity index (χ0) is 21.4. The molecular weight excluding hydrogens is 434 g/mol. The van der Waals surface area contributed by atoms with E-state index in [1.807, 2.05) is 0 Å². The van der Waals surface area contributed by atoms with E-state index in [-0.39, 0.29) is 84.0 Å². The van der Waals surface area contributed by atoms with E-state index in [0.29, 0.717) is 24.2 Å². The van der Waals surface area contributed by atoms with Gasteiger partial charge in [0, 0.05) is 65.5 Å². The Kier molecular flexibility index (Phi) is 26.9. The molecule has 1 unspecified atom stereocenters. The molecule has 0 aromatic rings. The molecule has 178 valence electrons. The van der Waals surface area contributed by atoms with E-state index in [0.717, 1.165) is 31.8 Å². The van der Waals surface area contributed by atoms with Crippen molar-refractivity contribution in [2.24, 2.45) is 4.99 Å². The molecule has 2 radical (unpaired) electrons. The van der Waals surface area contributed by atoms with Gasteiger partial charge in [-0.3, -0.25) is 14.1 Å². The van der Waals surface area contributed by atoms with Gasteiger partial charge in [0.2, 0.25) is 0 Å². The van der Waals surface area contributed by atoms with Gasteiger partial charge in [-0.2, -0.15) is 0 Å². The maximum absolute atomic E-state index is 11.1. The summed E-state index contributed by atoms with van der Waals surface area (Å²) in [5.74, 6) is -0.548. The molecule has 0 aliphatic carbocycles. The van der Waals surface area contributed by atoms with Crippen LogP contribution in [-0.4, -0.2) is 136 Å². The van der Waals surface area contributed by atoms with Crippen LogP contribution in [0.3, 0.4) is 0 Å². The maximum Gasteiger partial charge on any atom is 0.309 e. The van der Waals surface area contributed by atoms with Crippen LogP contribution in [0.15, 0.2) is 4.99 Å². The third-order valence-corrected chi connectivity index (χ3v) is 5.75. The van der Waals surface area contributed by atoms with E-state index in [4.69, 9.17) is 19.9 Å². The summed E-state index contributed by atoms with van der Waals surface area (Å²) in [5, 5.41) is 17.9. The molecule has 1 heterocycles. The number of carboxylic acids is 2. The Morgan fingerprint density at radius 1 is 0.875 bits per heavy atom. The fourth-order valence-electron chi connectivity index (χ4n) is 3.96. The van der Waals surface area contributed by atoms with Crippen LogP contribution >= 0.6 is 0 Å². The van der Waals surface area contributed by atoms with Crippen molar-refractivity contribution >= 4 is 76.9 Å². The van der Waals surface area contributed by atoms with Crippen LogP contribution < -0.4 is 0 Å². The number of quaternary nitrogens is 1. The topological polar surface area (TPSA) is 126 Å². The molecule has 0 amide bonds. The van der Waals surface area contributed by atoms with Gasteiger partial charge in [0.15, 0.2) is 5.84 Å². The predicted molar refractivity (Wildman–Crippen MR) is 128 cm³/mol. The first kappa shape index (κ1) is 37.0. The van der Waals surface area contributed by atoms with Gasteiger partial charge in [-0.05, 0) is 6.42 Å². The van der Waals surface area contributed by atoms with Gasteiger partial charge >= 0.3 is 11.9 Å². The molecule has 0 fully saturated rings. The Labute approximate surface area is 238 Å². The smallest absolute Gasteiger partial charge is 0.309 e. The summed E-state index contributed by atoms with van der Waals surface area (Å²) in [6.07, 6.45) is 12.5. The molecule has 1 aliphatic rings. The van der Waals surface area contributed by atoms with E-state index >= 15 is 0 Å². The molecule has 0 saturated heterocycles. The standard InChI is InChI=1S/C22H40N2O5.2Na.H2O/c1-2-3-4-5-6-7-8-9-10-11-20-23-14-16-24(20,15-12-21(25)26)17-19-29-18-13-22(27)28;;;/h2-19H2,1H3,(H-,25,26,27,28);;;1H2. The molecule has 1 rings (SSSR count). The summed E-state index contributed by atoms with van der Waals surface area (Å²) in [6, 6.07) is 0. The first-order chi connectivity index (χ1) is 14.0. The van der Waals surface area contributed by atoms with Crippen molar-refractivity contribution in [1.82, 2.24) is 0 Å². The van der Waals surface area contributed by atoms with Gasteiger partial charge in [0.25, 0.3) is 0 Å². The van der Waals surface area contributed by atoms with Crippen LogP contribution in [0, 0.1) is 0 Å². The Balaban J connectivity index is -0.00000280. The molecule has 3 N–H and O–H groups in total. The molecule has 1 aliphatic heterocycles. The number of carbonyl (C=O) groups is 2. The minimum atomic E-state index is -0.867. The molecule has 0 bridgehead atoms. The van der Waals surface area contributed by atoms with Crippen LogP contribution in [0.2, 0.25) is 0 Å². The average Bonchev–Trinajstić information content (AvgIpc) is 3.07. The quantitative estimate of drug-likeness (QED) is 0.168. The number of rotatable bonds is 19. The second kappa shape index (κ2) is 23.2. The first-order valence-corrected chi connectivity index (χ1v) is 11.4. The van der Waals surface area contributed by atoms with Gasteiger partial charge in [-0.15, -0.1) is 0 Å². The summed E-state index contributed by atoms with van der Waals surface area (Å²) in [5.41, 5.74) is 0. The number of amidine groups is 1. The van der Waals surface area contributed by atoms with Gasteiger partial charge in [-0.25, -0.2) is 4.99 Å². The van der Waals surface area contributed by atoms with Gasteiger partial charge in [0.05, 0.1) is 39.1 Å². The normalized spacial score (nSPS) is 17.0. The molecule has 0 saturated carbocycles. The second-order valence-corrected chi connectivity index (χ2v) is 8.09. The van der Waals surface area contributed by atoms with Crippen molar-refractivity contribution in [3.05, 3.63) is 0 Å². The van der Waals surface area contributed by atoms with Crippen molar-refractivity contribution < 1.29 is 34.5 Å². The Hall–Kier alpha value is 0.490. The first-order valence-electron chi connectivity index (χ1n) is 11.4. The van der Waals surface area contributed by atoms with Crippen molar-refractivity contribution in [1.29, 1.82) is 0 Å². The average molecular weight is 477 g/mol. The summed E-state index contributed by atoms with van der Waals surface area (Å²) in [4.78, 5) is 26.4. The molecule has 0 aromatic carbocycles. The van der Waals surface area contributed by atoms with Gasteiger partial charge < -0.3 is 20.4 Å². The zero-order valence-electron chi connectivity index (χ0n) is 20.7. The SMILES string of the molecule is CCCCCCCCCCCC1=NCC[N+]1(CCOCCC(=O)O)CCC(=O)O.[Na].[Na].[OH-]. The third kappa shape index (κ3) is 17.0. The number of carboxylic acid groups (broad SMARTS) is 2. The van der Waals surface area contributed by atoms with E-state index < -0.39 is 11.9 Å². The minimum Gasteiger partial charge on any atom is -0.870 e. The number of unbranched alkanes of at least 4 members (excludes halogenated alkanes) is 8. The van der Waals surface area contributed by atoms with E-state index in [2.05, 4.69) is 6.92 Å². The number of aliphatic carboxylic acids is 2. The Bertz CT molecular complexity index is 523. The number of hydrogen-bond donors (Lipinski definition) is 2. The number of nitrogens with zero attached hydrogens (tertiary/aromatic N) is 2. The van der Waals surface area contributed by atoms with Crippen LogP contribution in [0.4, 0.5) is 0 Å². The maximum atomic E-state index is 11.1. The van der Waals surface area contributed by atoms with Crippen LogP contribution in [0.5, 0.6) is 0 Å². The summed E-state index contributed by atoms with van der Waals surface area (Å²) < 4.78 is 6.08. The van der Waals surface area contributed by atoms with Crippen LogP contribution in [0.25, 0.3) is 0 Å². The van der Waals surface area contributed by atoms with Crippen LogP contribution in [-0.2, 0) is 14.3 Å². The summed E-state index contributed by atoms with van der Waals surface area (Å²) in [7, 11) is 0. The zero-order valence-corrected chi connectivity index (χ0v) is 24.7. The van der Waals surface area contributed by atoms with Gasteiger partial charge in [-0.1, -0.05) is 58.3 Å². The molecule has 32 heavy (non-hydrogen) atoms. The monoisotopic (exact) mass is 476 g/mol. The fraction of sp³-hybridized carbons (Fsp3) is 0.864. The molecule has 0 aromatic heterocycles. The van der Waals surface area contributed by atoms with E-state index in [1.165, 1.54) is 51.4 Å². The van der Waals surface area contributed by atoms with E-state index in [1.54, 1.807) is 0 Å². The molecule has 8 nitrogen and oxygen atoms in total. The Morgan fingerprint density at radius 2 is 1.44 bits per heavy atom. The predicted octanol–water partition coefficient (Wildman–Crippen LogP) is 3.16. The Morgan fingerprint density at radius 3 is 2.00 bits per heavy atom. The summed E-state index contributed by atoms with van der Waals surface area (Å²) >= 11 is 0. The van der Waals surface area contributed by atoms with Crippen LogP contribution in [0.1, 0.15) is 84.0 Å². The van der Waals surface area contributed by atoms with E-state index in [9.17, 15) is 9.59 Å². The summed E-state index contributed by atoms with van der Waals surface area (Å²) in [6.45, 7) is 5.63. The fourth-order valence-corrected chi connectivity index (χ4v) is 3.96. The largest absolute Gasteiger partial charge is 0.870 e. The number of hydrogen-bond acceptors (Lipinski definition) is 5. The molecule has 1 atom stereocenters. The third-order valence-electron chi connectivity index (χ3n) is 5.75. The molecule has 10 heteroatoms. The number of ether oxygens (including phenoxy) is 1. The number of aliphatic imine (C=N–C) groups is 1. The van der Waals surface area contributed by atoms with Crippen molar-refractivity contribution in [3.63, 3.8) is 0 Å². The van der Waals surface area contributed by atoms with Crippen molar-refractivity contribution in [2.45, 2.75) is 84.0 Å². The van der Waals surface area contributed by atoms with Crippen molar-refractivity contribution in [3.8, 4) is 0 Å². The second-order valence-electron chi connectivity index (χ2n) is 8.09. The molecular formula is C22H42N2Na2O6. The van der Waals surface area contributed by atoms with Crippen molar-refractivity contribution in [2.75, 3.05) is 39.4 Å².